The maximum Gasteiger partial charge on any atom is 0.278 e. The van der Waals surface area contributed by atoms with Gasteiger partial charge in [-0.2, -0.15) is 10.1 Å². The fourth-order valence-electron chi connectivity index (χ4n) is 2.57. The molecule has 3 N–H and O–H groups in total. The molecule has 1 aliphatic heterocycles. The zero-order valence-electron chi connectivity index (χ0n) is 13.4. The van der Waals surface area contributed by atoms with Crippen molar-refractivity contribution in [2.24, 2.45) is 5.10 Å². The number of para-hydroxylation sites is 1. The molecular formula is C16H13N7O3. The Morgan fingerprint density at radius 1 is 1.15 bits per heavy atom. The second-order valence-corrected chi connectivity index (χ2v) is 5.56. The fourth-order valence-corrected chi connectivity index (χ4v) is 2.57. The Morgan fingerprint density at radius 3 is 2.77 bits per heavy atom. The van der Waals surface area contributed by atoms with Crippen LogP contribution >= 0.6 is 0 Å². The maximum absolute atomic E-state index is 12.5. The number of carbonyl (C=O) groups is 2. The van der Waals surface area contributed by atoms with Crippen molar-refractivity contribution >= 4 is 40.3 Å². The van der Waals surface area contributed by atoms with Crippen molar-refractivity contribution in [3.8, 4) is 0 Å². The minimum absolute atomic E-state index is 0.0366. The summed E-state index contributed by atoms with van der Waals surface area (Å²) in [7, 11) is 0. The zero-order chi connectivity index (χ0) is 18.1. The number of benzene rings is 1. The first-order chi connectivity index (χ1) is 12.6. The van der Waals surface area contributed by atoms with E-state index in [0.29, 0.717) is 5.69 Å². The molecule has 2 aromatic heterocycles. The lowest BCUT2D eigenvalue weighted by Crippen LogP contribution is -2.36. The molecule has 3 heterocycles. The summed E-state index contributed by atoms with van der Waals surface area (Å²) in [5, 5.41) is 7.84. The number of H-pyrrole nitrogens is 2. The third kappa shape index (κ3) is 2.83. The predicted octanol–water partition coefficient (Wildman–Crippen LogP) is 0.768. The van der Waals surface area contributed by atoms with Crippen LogP contribution in [0.2, 0.25) is 0 Å². The Morgan fingerprint density at radius 2 is 1.96 bits per heavy atom. The van der Waals surface area contributed by atoms with Crippen LogP contribution in [0.1, 0.15) is 12.8 Å². The van der Waals surface area contributed by atoms with Gasteiger partial charge < -0.3 is 4.98 Å². The molecule has 3 aromatic rings. The fraction of sp³-hybridized carbons (Fsp3) is 0.125. The smallest absolute Gasteiger partial charge is 0.278 e. The molecule has 1 aliphatic rings. The van der Waals surface area contributed by atoms with Gasteiger partial charge in [0.05, 0.1) is 12.0 Å². The van der Waals surface area contributed by atoms with Crippen molar-refractivity contribution in [3.05, 3.63) is 47.0 Å². The summed E-state index contributed by atoms with van der Waals surface area (Å²) in [6.45, 7) is 0. The van der Waals surface area contributed by atoms with Gasteiger partial charge in [-0.1, -0.05) is 18.2 Å². The van der Waals surface area contributed by atoms with Gasteiger partial charge in [-0.05, 0) is 12.1 Å². The lowest BCUT2D eigenvalue weighted by Gasteiger charge is -2.22. The van der Waals surface area contributed by atoms with Gasteiger partial charge in [0.15, 0.2) is 11.2 Å². The summed E-state index contributed by atoms with van der Waals surface area (Å²) in [5.74, 6) is -0.779. The summed E-state index contributed by atoms with van der Waals surface area (Å²) in [4.78, 5) is 49.5. The van der Waals surface area contributed by atoms with Crippen LogP contribution < -0.4 is 15.9 Å². The van der Waals surface area contributed by atoms with Gasteiger partial charge in [-0.15, -0.1) is 0 Å². The van der Waals surface area contributed by atoms with Crippen molar-refractivity contribution in [1.82, 2.24) is 19.9 Å². The van der Waals surface area contributed by atoms with Crippen molar-refractivity contribution in [3.63, 3.8) is 0 Å². The molecule has 0 saturated heterocycles. The van der Waals surface area contributed by atoms with Gasteiger partial charge in [0.2, 0.25) is 11.9 Å². The summed E-state index contributed by atoms with van der Waals surface area (Å²) in [6.07, 6.45) is 1.69. The first-order valence-corrected chi connectivity index (χ1v) is 7.82. The van der Waals surface area contributed by atoms with Crippen LogP contribution in [0.5, 0.6) is 0 Å². The largest absolute Gasteiger partial charge is 0.339 e. The van der Waals surface area contributed by atoms with E-state index < -0.39 is 11.5 Å². The van der Waals surface area contributed by atoms with Crippen molar-refractivity contribution in [1.29, 1.82) is 0 Å². The predicted molar refractivity (Wildman–Crippen MR) is 93.7 cm³/mol. The van der Waals surface area contributed by atoms with Crippen LogP contribution in [0.25, 0.3) is 11.2 Å². The number of hydrazone groups is 1. The quantitative estimate of drug-likeness (QED) is 0.640. The number of rotatable bonds is 3. The van der Waals surface area contributed by atoms with Gasteiger partial charge in [0.25, 0.3) is 11.5 Å². The molecule has 0 unspecified atom stereocenters. The molecule has 0 aliphatic carbocycles. The van der Waals surface area contributed by atoms with E-state index in [-0.39, 0.29) is 41.6 Å². The number of carbonyl (C=O) groups excluding carboxylic acids is 2. The highest BCUT2D eigenvalue weighted by Gasteiger charge is 2.26. The molecule has 1 aromatic carbocycles. The number of aromatic nitrogens is 4. The Hall–Kier alpha value is -3.82. The van der Waals surface area contributed by atoms with Gasteiger partial charge in [-0.25, -0.2) is 9.99 Å². The molecule has 10 heteroatoms. The lowest BCUT2D eigenvalue weighted by molar-refractivity contribution is -0.118. The molecule has 4 rings (SSSR count). The minimum atomic E-state index is -0.545. The molecule has 0 spiro atoms. The van der Waals surface area contributed by atoms with E-state index in [4.69, 9.17) is 0 Å². The molecule has 0 radical (unpaired) electrons. The Labute approximate surface area is 146 Å². The van der Waals surface area contributed by atoms with Crippen LogP contribution in [0.3, 0.4) is 0 Å². The lowest BCUT2D eigenvalue weighted by atomic mass is 10.1. The van der Waals surface area contributed by atoms with E-state index in [0.717, 1.165) is 0 Å². The van der Waals surface area contributed by atoms with E-state index in [9.17, 15) is 14.4 Å². The highest BCUT2D eigenvalue weighted by molar-refractivity contribution is 6.44. The molecule has 130 valence electrons. The number of amides is 2. The number of hydrogen-bond acceptors (Lipinski definition) is 6. The van der Waals surface area contributed by atoms with Gasteiger partial charge in [0.1, 0.15) is 5.71 Å². The maximum atomic E-state index is 12.5. The molecule has 0 atom stereocenters. The van der Waals surface area contributed by atoms with E-state index in [1.807, 2.05) is 6.07 Å². The number of hydrogen-bond donors (Lipinski definition) is 3. The van der Waals surface area contributed by atoms with Crippen LogP contribution in [0.4, 0.5) is 11.6 Å². The average molecular weight is 351 g/mol. The highest BCUT2D eigenvalue weighted by Crippen LogP contribution is 2.20. The average Bonchev–Trinajstić information content (AvgIpc) is 3.12. The summed E-state index contributed by atoms with van der Waals surface area (Å²) >= 11 is 0. The number of nitrogens with one attached hydrogen (secondary N) is 3. The summed E-state index contributed by atoms with van der Waals surface area (Å²) in [6, 6.07) is 8.84. The van der Waals surface area contributed by atoms with Gasteiger partial charge in [0, 0.05) is 12.8 Å². The third-order valence-electron chi connectivity index (χ3n) is 3.82. The third-order valence-corrected chi connectivity index (χ3v) is 3.82. The first-order valence-electron chi connectivity index (χ1n) is 7.82. The van der Waals surface area contributed by atoms with Crippen LogP contribution in [-0.2, 0) is 9.59 Å². The van der Waals surface area contributed by atoms with Gasteiger partial charge in [-0.3, -0.25) is 24.7 Å². The molecule has 0 bridgehead atoms. The minimum Gasteiger partial charge on any atom is -0.339 e. The van der Waals surface area contributed by atoms with E-state index in [1.165, 1.54) is 11.3 Å². The molecule has 10 nitrogen and oxygen atoms in total. The highest BCUT2D eigenvalue weighted by atomic mass is 16.2. The Bertz CT molecular complexity index is 1080. The molecule has 0 saturated carbocycles. The standard InChI is InChI=1S/C16H13N7O3/c24-11-7-6-10(22-23(11)9-4-2-1-3-5-9)14(25)20-16-19-13-12(15(26)21-16)17-8-18-13/h1-5,8H,6-7H2,(H3,17,18,19,20,21,25,26). The first kappa shape index (κ1) is 15.7. The number of nitrogens with zero attached hydrogens (tertiary/aromatic N) is 4. The van der Waals surface area contributed by atoms with Crippen molar-refractivity contribution in [2.45, 2.75) is 12.8 Å². The normalized spacial score (nSPS) is 14.4. The monoisotopic (exact) mass is 351 g/mol. The summed E-state index contributed by atoms with van der Waals surface area (Å²) in [5.41, 5.74) is 0.703. The zero-order valence-corrected chi connectivity index (χ0v) is 13.4. The van der Waals surface area contributed by atoms with Crippen LogP contribution in [-0.4, -0.2) is 37.5 Å². The number of anilines is 2. The van der Waals surface area contributed by atoms with Crippen molar-refractivity contribution in [2.75, 3.05) is 10.3 Å². The second-order valence-electron chi connectivity index (χ2n) is 5.56. The van der Waals surface area contributed by atoms with Crippen LogP contribution in [0, 0.1) is 0 Å². The molecule has 2 amide bonds. The number of imidazole rings is 1. The molecular weight excluding hydrogens is 338 g/mol. The van der Waals surface area contributed by atoms with E-state index in [1.54, 1.807) is 24.3 Å². The van der Waals surface area contributed by atoms with Gasteiger partial charge >= 0.3 is 0 Å². The molecule has 26 heavy (non-hydrogen) atoms. The summed E-state index contributed by atoms with van der Waals surface area (Å²) < 4.78 is 0. The van der Waals surface area contributed by atoms with E-state index >= 15 is 0 Å². The van der Waals surface area contributed by atoms with E-state index in [2.05, 4.69) is 30.4 Å². The second kappa shape index (κ2) is 6.24. The number of aromatic amines is 2. The Balaban J connectivity index is 1.60. The molecule has 0 fully saturated rings. The Kier molecular flexibility index (Phi) is 3.77. The SMILES string of the molecule is O=C(Nc1nc2nc[nH]c2c(=O)[nH]1)C1=NN(c2ccccc2)C(=O)CC1. The van der Waals surface area contributed by atoms with Crippen molar-refractivity contribution < 1.29 is 9.59 Å². The topological polar surface area (TPSA) is 136 Å². The van der Waals surface area contributed by atoms with Crippen LogP contribution in [0.15, 0.2) is 46.6 Å². The number of fused-ring (bicyclic) bond motifs is 1.